The molecule has 3 aromatic rings. The van der Waals surface area contributed by atoms with E-state index in [4.69, 9.17) is 23.2 Å². The first-order valence-corrected chi connectivity index (χ1v) is 9.45. The number of hydrogen-bond donors (Lipinski definition) is 0. The Kier molecular flexibility index (Phi) is 5.88. The highest BCUT2D eigenvalue weighted by atomic mass is 35.5. The van der Waals surface area contributed by atoms with E-state index in [1.54, 1.807) is 24.0 Å². The van der Waals surface area contributed by atoms with E-state index in [9.17, 15) is 0 Å². The first-order valence-electron chi connectivity index (χ1n) is 7.82. The van der Waals surface area contributed by atoms with Crippen LogP contribution in [-0.4, -0.2) is 9.55 Å². The van der Waals surface area contributed by atoms with E-state index in [2.05, 4.69) is 40.7 Å². The minimum Gasteiger partial charge on any atom is -0.336 e. The highest BCUT2D eigenvalue weighted by molar-refractivity contribution is 7.99. The van der Waals surface area contributed by atoms with Gasteiger partial charge >= 0.3 is 0 Å². The van der Waals surface area contributed by atoms with Crippen molar-refractivity contribution in [3.63, 3.8) is 0 Å². The molecule has 24 heavy (non-hydrogen) atoms. The number of thioether (sulfide) groups is 1. The summed E-state index contributed by atoms with van der Waals surface area (Å²) in [6, 6.07) is 14.5. The predicted molar refractivity (Wildman–Crippen MR) is 103 cm³/mol. The van der Waals surface area contributed by atoms with Crippen molar-refractivity contribution < 1.29 is 0 Å². The van der Waals surface area contributed by atoms with Gasteiger partial charge in [-0.25, -0.2) is 4.98 Å². The Morgan fingerprint density at radius 2 is 1.92 bits per heavy atom. The molecule has 5 heteroatoms. The van der Waals surface area contributed by atoms with Gasteiger partial charge < -0.3 is 4.57 Å². The fraction of sp³-hybridized carbons (Fsp3) is 0.211. The Labute approximate surface area is 156 Å². The molecule has 3 rings (SSSR count). The topological polar surface area (TPSA) is 17.8 Å². The Morgan fingerprint density at radius 1 is 1.12 bits per heavy atom. The number of nitrogens with zero attached hydrogens (tertiary/aromatic N) is 2. The standard InChI is InChI=1S/C19H18Cl2N2S/c1-2-14-3-5-15(6-4-14)19(12-23-10-9-22-13-23)24-18-8-7-16(20)11-17(18)21/h3-11,13,19H,2,12H2,1H3. The second-order valence-corrected chi connectivity index (χ2v) is 7.62. The lowest BCUT2D eigenvalue weighted by Gasteiger charge is -2.19. The second-order valence-electron chi connectivity index (χ2n) is 5.54. The van der Waals surface area contributed by atoms with Crippen molar-refractivity contribution in [2.45, 2.75) is 30.0 Å². The first-order chi connectivity index (χ1) is 11.7. The van der Waals surface area contributed by atoms with Crippen LogP contribution in [-0.2, 0) is 13.0 Å². The zero-order chi connectivity index (χ0) is 16.9. The van der Waals surface area contributed by atoms with E-state index < -0.39 is 0 Å². The minimum atomic E-state index is 0.240. The van der Waals surface area contributed by atoms with Crippen LogP contribution >= 0.6 is 35.0 Å². The average Bonchev–Trinajstić information content (AvgIpc) is 3.10. The molecule has 1 atom stereocenters. The van der Waals surface area contributed by atoms with Gasteiger partial charge in [-0.05, 0) is 35.7 Å². The normalized spacial score (nSPS) is 12.3. The quantitative estimate of drug-likeness (QED) is 0.470. The molecule has 1 heterocycles. The summed E-state index contributed by atoms with van der Waals surface area (Å²) in [6.45, 7) is 3.00. The summed E-state index contributed by atoms with van der Waals surface area (Å²) in [5, 5.41) is 1.58. The molecule has 0 radical (unpaired) electrons. The van der Waals surface area contributed by atoms with E-state index in [0.29, 0.717) is 10.0 Å². The number of halogens is 2. The Bertz CT molecular complexity index is 786. The lowest BCUT2D eigenvalue weighted by molar-refractivity contribution is 0.683. The van der Waals surface area contributed by atoms with E-state index in [-0.39, 0.29) is 5.25 Å². The van der Waals surface area contributed by atoms with Crippen molar-refractivity contribution in [2.24, 2.45) is 0 Å². The van der Waals surface area contributed by atoms with Crippen LogP contribution in [0.3, 0.4) is 0 Å². The van der Waals surface area contributed by atoms with Gasteiger partial charge in [0.05, 0.1) is 16.6 Å². The molecule has 0 aliphatic rings. The molecular weight excluding hydrogens is 359 g/mol. The monoisotopic (exact) mass is 376 g/mol. The fourth-order valence-electron chi connectivity index (χ4n) is 2.49. The summed E-state index contributed by atoms with van der Waals surface area (Å²) in [5.41, 5.74) is 2.62. The zero-order valence-electron chi connectivity index (χ0n) is 13.3. The summed E-state index contributed by atoms with van der Waals surface area (Å²) >= 11 is 14.1. The van der Waals surface area contributed by atoms with E-state index in [1.165, 1.54) is 11.1 Å². The van der Waals surface area contributed by atoms with Crippen molar-refractivity contribution in [3.05, 3.63) is 82.4 Å². The summed E-state index contributed by atoms with van der Waals surface area (Å²) in [7, 11) is 0. The molecule has 0 aliphatic carbocycles. The van der Waals surface area contributed by atoms with Gasteiger partial charge in [0, 0.05) is 28.9 Å². The molecule has 2 nitrogen and oxygen atoms in total. The average molecular weight is 377 g/mol. The Hall–Kier alpha value is -1.42. The molecule has 1 aromatic heterocycles. The summed E-state index contributed by atoms with van der Waals surface area (Å²) in [6.07, 6.45) is 6.68. The smallest absolute Gasteiger partial charge is 0.0946 e. The van der Waals surface area contributed by atoms with Crippen LogP contribution in [0.2, 0.25) is 10.0 Å². The highest BCUT2D eigenvalue weighted by Crippen LogP contribution is 2.40. The number of imidazole rings is 1. The highest BCUT2D eigenvalue weighted by Gasteiger charge is 2.16. The molecule has 0 N–H and O–H groups in total. The van der Waals surface area contributed by atoms with Crippen LogP contribution in [0.15, 0.2) is 66.1 Å². The molecule has 0 amide bonds. The van der Waals surface area contributed by atoms with Crippen LogP contribution in [0.4, 0.5) is 0 Å². The Morgan fingerprint density at radius 3 is 2.54 bits per heavy atom. The summed E-state index contributed by atoms with van der Waals surface area (Å²) in [4.78, 5) is 5.18. The molecule has 0 aliphatic heterocycles. The maximum atomic E-state index is 6.37. The van der Waals surface area contributed by atoms with Gasteiger partial charge in [0.2, 0.25) is 0 Å². The third-order valence-electron chi connectivity index (χ3n) is 3.86. The van der Waals surface area contributed by atoms with Gasteiger partial charge in [-0.1, -0.05) is 54.4 Å². The molecule has 2 aromatic carbocycles. The SMILES string of the molecule is CCc1ccc(C(Cn2ccnc2)Sc2ccc(Cl)cc2Cl)cc1. The molecule has 0 bridgehead atoms. The van der Waals surface area contributed by atoms with Crippen LogP contribution < -0.4 is 0 Å². The number of aromatic nitrogens is 2. The van der Waals surface area contributed by atoms with Gasteiger partial charge in [-0.2, -0.15) is 0 Å². The van der Waals surface area contributed by atoms with Crippen LogP contribution in [0.5, 0.6) is 0 Å². The summed E-state index contributed by atoms with van der Waals surface area (Å²) in [5.74, 6) is 0. The molecule has 0 fully saturated rings. The van der Waals surface area contributed by atoms with Crippen molar-refractivity contribution in [1.82, 2.24) is 9.55 Å². The van der Waals surface area contributed by atoms with Gasteiger partial charge in [-0.15, -0.1) is 11.8 Å². The van der Waals surface area contributed by atoms with Crippen molar-refractivity contribution in [3.8, 4) is 0 Å². The van der Waals surface area contributed by atoms with Gasteiger partial charge in [0.25, 0.3) is 0 Å². The lowest BCUT2D eigenvalue weighted by Crippen LogP contribution is -2.05. The Balaban J connectivity index is 1.88. The van der Waals surface area contributed by atoms with Gasteiger partial charge in [-0.3, -0.25) is 0 Å². The van der Waals surface area contributed by atoms with Gasteiger partial charge in [0.1, 0.15) is 0 Å². The van der Waals surface area contributed by atoms with Crippen LogP contribution in [0.25, 0.3) is 0 Å². The number of hydrogen-bond acceptors (Lipinski definition) is 2. The van der Waals surface area contributed by atoms with Crippen molar-refractivity contribution in [2.75, 3.05) is 0 Å². The first kappa shape index (κ1) is 17.4. The summed E-state index contributed by atoms with van der Waals surface area (Å²) < 4.78 is 2.09. The van der Waals surface area contributed by atoms with Crippen LogP contribution in [0.1, 0.15) is 23.3 Å². The maximum absolute atomic E-state index is 6.37. The fourth-order valence-corrected chi connectivity index (χ4v) is 4.20. The van der Waals surface area contributed by atoms with E-state index in [0.717, 1.165) is 17.9 Å². The van der Waals surface area contributed by atoms with Crippen molar-refractivity contribution in [1.29, 1.82) is 0 Å². The van der Waals surface area contributed by atoms with E-state index >= 15 is 0 Å². The number of aryl methyl sites for hydroxylation is 1. The molecule has 124 valence electrons. The molecule has 0 saturated carbocycles. The molecule has 1 unspecified atom stereocenters. The van der Waals surface area contributed by atoms with E-state index in [1.807, 2.05) is 24.7 Å². The minimum absolute atomic E-state index is 0.240. The maximum Gasteiger partial charge on any atom is 0.0946 e. The predicted octanol–water partition coefficient (Wildman–Crippen LogP) is 6.29. The third kappa shape index (κ3) is 4.35. The number of rotatable bonds is 6. The van der Waals surface area contributed by atoms with Gasteiger partial charge in [0.15, 0.2) is 0 Å². The molecule has 0 spiro atoms. The molecular formula is C19H18Cl2N2S. The van der Waals surface area contributed by atoms with Crippen LogP contribution in [0, 0.1) is 0 Å². The lowest BCUT2D eigenvalue weighted by atomic mass is 10.1. The third-order valence-corrected chi connectivity index (χ3v) is 5.83. The zero-order valence-corrected chi connectivity index (χ0v) is 15.7. The second kappa shape index (κ2) is 8.11. The van der Waals surface area contributed by atoms with Crippen molar-refractivity contribution >= 4 is 35.0 Å². The number of benzene rings is 2. The largest absolute Gasteiger partial charge is 0.336 e. The molecule has 0 saturated heterocycles.